The van der Waals surface area contributed by atoms with Gasteiger partial charge in [-0.15, -0.1) is 0 Å². The van der Waals surface area contributed by atoms with Gasteiger partial charge in [0.25, 0.3) is 5.91 Å². The molecule has 1 aliphatic heterocycles. The minimum Gasteiger partial charge on any atom is -0.348 e. The van der Waals surface area contributed by atoms with Crippen LogP contribution in [0.25, 0.3) is 0 Å². The Kier molecular flexibility index (Phi) is 4.29. The third-order valence-corrected chi connectivity index (χ3v) is 5.25. The lowest BCUT2D eigenvalue weighted by Crippen LogP contribution is -2.42. The maximum absolute atomic E-state index is 13.6. The first-order valence-corrected chi connectivity index (χ1v) is 8.90. The zero-order valence-electron chi connectivity index (χ0n) is 14.3. The Balaban J connectivity index is 1.80. The molecule has 4 rings (SSSR count). The third kappa shape index (κ3) is 2.80. The Morgan fingerprint density at radius 3 is 2.69 bits per heavy atom. The number of benzene rings is 2. The van der Waals surface area contributed by atoms with E-state index in [1.165, 1.54) is 6.07 Å². The van der Waals surface area contributed by atoms with Crippen LogP contribution >= 0.6 is 11.6 Å². The molecule has 0 saturated heterocycles. The van der Waals surface area contributed by atoms with Gasteiger partial charge in [-0.25, -0.2) is 4.39 Å². The quantitative estimate of drug-likeness (QED) is 0.635. The number of fused-ring (bicyclic) bond motifs is 1. The Bertz CT molecular complexity index is 982. The van der Waals surface area contributed by atoms with E-state index in [-0.39, 0.29) is 17.8 Å². The van der Waals surface area contributed by atoms with Gasteiger partial charge in [0.2, 0.25) is 0 Å². The van der Waals surface area contributed by atoms with Crippen LogP contribution in [0.3, 0.4) is 0 Å². The summed E-state index contributed by atoms with van der Waals surface area (Å²) in [7, 11) is 0. The molecule has 0 fully saturated rings. The van der Waals surface area contributed by atoms with Gasteiger partial charge < -0.3 is 9.47 Å². The minimum atomic E-state index is -0.309. The summed E-state index contributed by atoms with van der Waals surface area (Å²) in [4.78, 5) is 15.1. The fourth-order valence-electron chi connectivity index (χ4n) is 3.57. The fraction of sp³-hybridized carbons (Fsp3) is 0.190. The van der Waals surface area contributed by atoms with Crippen molar-refractivity contribution in [2.75, 3.05) is 6.54 Å². The molecule has 3 nitrogen and oxygen atoms in total. The molecule has 2 aromatic carbocycles. The summed E-state index contributed by atoms with van der Waals surface area (Å²) in [6, 6.07) is 15.8. The van der Waals surface area contributed by atoms with Crippen LogP contribution in [-0.4, -0.2) is 21.9 Å². The van der Waals surface area contributed by atoms with Crippen molar-refractivity contribution in [1.82, 2.24) is 9.47 Å². The molecular formula is C21H18ClFN2O. The number of halogens is 2. The average Bonchev–Trinajstić information content (AvgIpc) is 3.12. The number of amides is 1. The number of rotatable bonds is 2. The van der Waals surface area contributed by atoms with E-state index in [1.54, 1.807) is 19.1 Å². The Hall–Kier alpha value is -2.59. The highest BCUT2D eigenvalue weighted by Gasteiger charge is 2.33. The highest BCUT2D eigenvalue weighted by atomic mass is 35.5. The molecule has 0 aliphatic carbocycles. The summed E-state index contributed by atoms with van der Waals surface area (Å²) < 4.78 is 15.8. The lowest BCUT2D eigenvalue weighted by Gasteiger charge is -2.37. The molecule has 1 atom stereocenters. The molecule has 5 heteroatoms. The summed E-state index contributed by atoms with van der Waals surface area (Å²) in [5, 5.41) is 0.625. The van der Waals surface area contributed by atoms with Crippen molar-refractivity contribution >= 4 is 17.5 Å². The predicted octanol–water partition coefficient (Wildman–Crippen LogP) is 4.83. The molecule has 2 heterocycles. The predicted molar refractivity (Wildman–Crippen MR) is 99.9 cm³/mol. The number of nitrogens with zero attached hydrogens (tertiary/aromatic N) is 2. The van der Waals surface area contributed by atoms with Crippen molar-refractivity contribution in [2.24, 2.45) is 0 Å². The van der Waals surface area contributed by atoms with Gasteiger partial charge in [-0.3, -0.25) is 4.79 Å². The Morgan fingerprint density at radius 2 is 1.92 bits per heavy atom. The molecule has 1 unspecified atom stereocenters. The number of hydrogen-bond donors (Lipinski definition) is 0. The molecule has 0 N–H and O–H groups in total. The second-order valence-electron chi connectivity index (χ2n) is 6.51. The van der Waals surface area contributed by atoms with Crippen molar-refractivity contribution in [2.45, 2.75) is 19.5 Å². The largest absolute Gasteiger partial charge is 0.348 e. The Morgan fingerprint density at radius 1 is 1.12 bits per heavy atom. The fourth-order valence-corrected chi connectivity index (χ4v) is 3.81. The summed E-state index contributed by atoms with van der Waals surface area (Å²) in [5.74, 6) is -0.429. The SMILES string of the molecule is Cc1cc(C(=O)N2CCn3cccc3C2c2ccccc2Cl)ccc1F. The van der Waals surface area contributed by atoms with E-state index >= 15 is 0 Å². The van der Waals surface area contributed by atoms with Gasteiger partial charge in [-0.1, -0.05) is 29.8 Å². The molecule has 1 aliphatic rings. The van der Waals surface area contributed by atoms with Gasteiger partial charge in [-0.2, -0.15) is 0 Å². The van der Waals surface area contributed by atoms with Crippen LogP contribution in [0.15, 0.2) is 60.8 Å². The summed E-state index contributed by atoms with van der Waals surface area (Å²) >= 11 is 6.46. The molecule has 1 amide bonds. The van der Waals surface area contributed by atoms with E-state index in [4.69, 9.17) is 11.6 Å². The zero-order chi connectivity index (χ0) is 18.3. The summed E-state index contributed by atoms with van der Waals surface area (Å²) in [6.07, 6.45) is 2.02. The standard InChI is InChI=1S/C21H18ClFN2O/c1-14-13-15(8-9-18(14)23)21(26)25-12-11-24-10-4-7-19(24)20(25)16-5-2-3-6-17(16)22/h2-10,13,20H,11-12H2,1H3. The molecule has 3 aromatic rings. The molecule has 0 radical (unpaired) electrons. The molecule has 1 aromatic heterocycles. The van der Waals surface area contributed by atoms with E-state index in [0.29, 0.717) is 22.7 Å². The Labute approximate surface area is 156 Å². The van der Waals surface area contributed by atoms with Crippen LogP contribution in [0.5, 0.6) is 0 Å². The van der Waals surface area contributed by atoms with Crippen LogP contribution in [0.1, 0.15) is 33.2 Å². The maximum Gasteiger partial charge on any atom is 0.254 e. The smallest absolute Gasteiger partial charge is 0.254 e. The van der Waals surface area contributed by atoms with Crippen LogP contribution < -0.4 is 0 Å². The monoisotopic (exact) mass is 368 g/mol. The van der Waals surface area contributed by atoms with Crippen molar-refractivity contribution < 1.29 is 9.18 Å². The van der Waals surface area contributed by atoms with E-state index in [9.17, 15) is 9.18 Å². The lowest BCUT2D eigenvalue weighted by molar-refractivity contribution is 0.0664. The van der Waals surface area contributed by atoms with Gasteiger partial charge in [0.1, 0.15) is 5.82 Å². The van der Waals surface area contributed by atoms with Gasteiger partial charge in [-0.05, 0) is 54.4 Å². The topological polar surface area (TPSA) is 25.2 Å². The molecule has 0 saturated carbocycles. The number of aryl methyl sites for hydroxylation is 1. The average molecular weight is 369 g/mol. The van der Waals surface area contributed by atoms with Crippen molar-refractivity contribution in [1.29, 1.82) is 0 Å². The van der Waals surface area contributed by atoms with Gasteiger partial charge in [0.05, 0.1) is 6.04 Å². The summed E-state index contributed by atoms with van der Waals surface area (Å²) in [5.41, 5.74) is 2.86. The second kappa shape index (κ2) is 6.61. The summed E-state index contributed by atoms with van der Waals surface area (Å²) in [6.45, 7) is 2.95. The minimum absolute atomic E-state index is 0.120. The highest BCUT2D eigenvalue weighted by molar-refractivity contribution is 6.31. The zero-order valence-corrected chi connectivity index (χ0v) is 15.1. The first-order chi connectivity index (χ1) is 12.6. The van der Waals surface area contributed by atoms with E-state index in [0.717, 1.165) is 17.8 Å². The third-order valence-electron chi connectivity index (χ3n) is 4.90. The lowest BCUT2D eigenvalue weighted by atomic mass is 9.98. The van der Waals surface area contributed by atoms with Crippen LogP contribution in [-0.2, 0) is 6.54 Å². The van der Waals surface area contributed by atoms with Crippen molar-refractivity contribution in [3.8, 4) is 0 Å². The number of carbonyl (C=O) groups is 1. The molecule has 0 spiro atoms. The van der Waals surface area contributed by atoms with Crippen LogP contribution in [0, 0.1) is 12.7 Å². The normalized spacial score (nSPS) is 16.4. The number of hydrogen-bond acceptors (Lipinski definition) is 1. The molecule has 132 valence electrons. The molecular weight excluding hydrogens is 351 g/mol. The number of carbonyl (C=O) groups excluding carboxylic acids is 1. The van der Waals surface area contributed by atoms with Gasteiger partial charge in [0.15, 0.2) is 0 Å². The van der Waals surface area contributed by atoms with Crippen molar-refractivity contribution in [3.05, 3.63) is 94.0 Å². The van der Waals surface area contributed by atoms with E-state index in [1.807, 2.05) is 47.5 Å². The molecule has 0 bridgehead atoms. The highest BCUT2D eigenvalue weighted by Crippen LogP contribution is 2.36. The van der Waals surface area contributed by atoms with E-state index < -0.39 is 0 Å². The second-order valence-corrected chi connectivity index (χ2v) is 6.92. The van der Waals surface area contributed by atoms with Gasteiger partial charge in [0, 0.05) is 35.6 Å². The van der Waals surface area contributed by atoms with Crippen LogP contribution in [0.4, 0.5) is 4.39 Å². The van der Waals surface area contributed by atoms with Crippen molar-refractivity contribution in [3.63, 3.8) is 0 Å². The van der Waals surface area contributed by atoms with E-state index in [2.05, 4.69) is 4.57 Å². The maximum atomic E-state index is 13.6. The first-order valence-electron chi connectivity index (χ1n) is 8.53. The van der Waals surface area contributed by atoms with Crippen LogP contribution in [0.2, 0.25) is 5.02 Å². The molecule has 26 heavy (non-hydrogen) atoms. The first kappa shape index (κ1) is 16.9. The number of aromatic nitrogens is 1. The van der Waals surface area contributed by atoms with Gasteiger partial charge >= 0.3 is 0 Å².